The minimum atomic E-state index is -0.578. The van der Waals surface area contributed by atoms with E-state index in [1.165, 1.54) is 16.8 Å². The fourth-order valence-electron chi connectivity index (χ4n) is 1.27. The minimum absolute atomic E-state index is 0.00748. The molecule has 0 spiro atoms. The molecule has 0 saturated carbocycles. The zero-order chi connectivity index (χ0) is 10.8. The number of aromatic nitrogens is 2. The molecule has 0 bridgehead atoms. The van der Waals surface area contributed by atoms with Gasteiger partial charge in [-0.2, -0.15) is 5.10 Å². The SMILES string of the molecule is Fc1ccc(Br)c(F)c1Cn1cccn1. The summed E-state index contributed by atoms with van der Waals surface area (Å²) in [5.74, 6) is -1.14. The minimum Gasteiger partial charge on any atom is -0.268 e. The number of rotatable bonds is 2. The van der Waals surface area contributed by atoms with Crippen LogP contribution in [0.1, 0.15) is 5.56 Å². The van der Waals surface area contributed by atoms with E-state index in [9.17, 15) is 8.78 Å². The lowest BCUT2D eigenvalue weighted by Crippen LogP contribution is -2.05. The van der Waals surface area contributed by atoms with Crippen LogP contribution >= 0.6 is 15.9 Å². The first kappa shape index (κ1) is 10.3. The van der Waals surface area contributed by atoms with E-state index in [2.05, 4.69) is 21.0 Å². The van der Waals surface area contributed by atoms with E-state index in [4.69, 9.17) is 0 Å². The zero-order valence-corrected chi connectivity index (χ0v) is 9.21. The first-order valence-corrected chi connectivity index (χ1v) is 5.07. The van der Waals surface area contributed by atoms with Crippen molar-refractivity contribution in [3.63, 3.8) is 0 Å². The summed E-state index contributed by atoms with van der Waals surface area (Å²) in [5.41, 5.74) is 0.00748. The molecule has 1 aromatic heterocycles. The van der Waals surface area contributed by atoms with Gasteiger partial charge < -0.3 is 0 Å². The Balaban J connectivity index is 2.39. The molecular formula is C10H7BrF2N2. The zero-order valence-electron chi connectivity index (χ0n) is 7.62. The number of halogens is 3. The summed E-state index contributed by atoms with van der Waals surface area (Å²) >= 11 is 3.01. The largest absolute Gasteiger partial charge is 0.268 e. The lowest BCUT2D eigenvalue weighted by molar-refractivity contribution is 0.529. The molecule has 78 valence electrons. The Bertz CT molecular complexity index is 469. The molecule has 1 aromatic carbocycles. The van der Waals surface area contributed by atoms with Crippen LogP contribution in [0.4, 0.5) is 8.78 Å². The highest BCUT2D eigenvalue weighted by atomic mass is 79.9. The number of hydrogen-bond acceptors (Lipinski definition) is 1. The summed E-state index contributed by atoms with van der Waals surface area (Å²) in [6, 6.07) is 4.27. The number of benzene rings is 1. The Morgan fingerprint density at radius 2 is 2.13 bits per heavy atom. The summed E-state index contributed by atoms with van der Waals surface area (Å²) < 4.78 is 28.6. The maximum atomic E-state index is 13.5. The van der Waals surface area contributed by atoms with Crippen LogP contribution in [0.15, 0.2) is 35.1 Å². The van der Waals surface area contributed by atoms with Crippen molar-refractivity contribution >= 4 is 15.9 Å². The van der Waals surface area contributed by atoms with Crippen LogP contribution in [-0.2, 0) is 6.54 Å². The molecule has 0 fully saturated rings. The van der Waals surface area contributed by atoms with Gasteiger partial charge in [-0.15, -0.1) is 0 Å². The average molecular weight is 273 g/mol. The fourth-order valence-corrected chi connectivity index (χ4v) is 1.64. The third kappa shape index (κ3) is 2.07. The average Bonchev–Trinajstić information content (AvgIpc) is 2.71. The van der Waals surface area contributed by atoms with Crippen molar-refractivity contribution in [1.82, 2.24) is 9.78 Å². The molecule has 0 atom stereocenters. The summed E-state index contributed by atoms with van der Waals surface area (Å²) in [7, 11) is 0. The third-order valence-corrected chi connectivity index (χ3v) is 2.63. The van der Waals surface area contributed by atoms with Crippen LogP contribution in [0.2, 0.25) is 0 Å². The van der Waals surface area contributed by atoms with Gasteiger partial charge in [-0.05, 0) is 34.1 Å². The number of nitrogens with zero attached hydrogens (tertiary/aromatic N) is 2. The van der Waals surface area contributed by atoms with Crippen LogP contribution in [-0.4, -0.2) is 9.78 Å². The molecule has 0 aliphatic rings. The third-order valence-electron chi connectivity index (χ3n) is 2.02. The van der Waals surface area contributed by atoms with Crippen molar-refractivity contribution in [2.24, 2.45) is 0 Å². The second kappa shape index (κ2) is 4.10. The van der Waals surface area contributed by atoms with Gasteiger partial charge in [-0.3, -0.25) is 4.68 Å². The Morgan fingerprint density at radius 1 is 1.33 bits per heavy atom. The fraction of sp³-hybridized carbons (Fsp3) is 0.100. The van der Waals surface area contributed by atoms with Gasteiger partial charge >= 0.3 is 0 Å². The van der Waals surface area contributed by atoms with Crippen molar-refractivity contribution in [2.75, 3.05) is 0 Å². The molecule has 0 unspecified atom stereocenters. The van der Waals surface area contributed by atoms with Gasteiger partial charge in [0, 0.05) is 18.0 Å². The van der Waals surface area contributed by atoms with E-state index in [0.717, 1.165) is 0 Å². The van der Waals surface area contributed by atoms with Gasteiger partial charge in [0.05, 0.1) is 11.0 Å². The Hall–Kier alpha value is -1.23. The van der Waals surface area contributed by atoms with E-state index in [1.54, 1.807) is 18.5 Å². The van der Waals surface area contributed by atoms with Crippen LogP contribution in [0.25, 0.3) is 0 Å². The molecule has 0 aliphatic carbocycles. The molecule has 5 heteroatoms. The first-order valence-electron chi connectivity index (χ1n) is 4.28. The highest BCUT2D eigenvalue weighted by molar-refractivity contribution is 9.10. The maximum Gasteiger partial charge on any atom is 0.145 e. The Morgan fingerprint density at radius 3 is 2.80 bits per heavy atom. The Kier molecular flexibility index (Phi) is 2.81. The summed E-state index contributed by atoms with van der Waals surface area (Å²) in [4.78, 5) is 0. The van der Waals surface area contributed by atoms with Gasteiger partial charge in [-0.25, -0.2) is 8.78 Å². The van der Waals surface area contributed by atoms with Crippen molar-refractivity contribution < 1.29 is 8.78 Å². The second-order valence-corrected chi connectivity index (χ2v) is 3.88. The molecule has 0 saturated heterocycles. The van der Waals surface area contributed by atoms with E-state index >= 15 is 0 Å². The van der Waals surface area contributed by atoms with Gasteiger partial charge in [0.2, 0.25) is 0 Å². The summed E-state index contributed by atoms with van der Waals surface area (Å²) in [6.07, 6.45) is 3.22. The molecule has 2 nitrogen and oxygen atoms in total. The predicted octanol–water partition coefficient (Wildman–Crippen LogP) is 2.97. The predicted molar refractivity (Wildman–Crippen MR) is 55.4 cm³/mol. The molecule has 2 aromatic rings. The van der Waals surface area contributed by atoms with Crippen molar-refractivity contribution in [1.29, 1.82) is 0 Å². The quantitative estimate of drug-likeness (QED) is 0.769. The van der Waals surface area contributed by atoms with Crippen molar-refractivity contribution in [3.8, 4) is 0 Å². The lowest BCUT2D eigenvalue weighted by atomic mass is 10.2. The smallest absolute Gasteiger partial charge is 0.145 e. The van der Waals surface area contributed by atoms with E-state index in [1.807, 2.05) is 0 Å². The number of hydrogen-bond donors (Lipinski definition) is 0. The first-order chi connectivity index (χ1) is 7.18. The van der Waals surface area contributed by atoms with Crippen molar-refractivity contribution in [3.05, 3.63) is 52.3 Å². The topological polar surface area (TPSA) is 17.8 Å². The van der Waals surface area contributed by atoms with Gasteiger partial charge in [-0.1, -0.05) is 0 Å². The van der Waals surface area contributed by atoms with Gasteiger partial charge in [0.25, 0.3) is 0 Å². The standard InChI is InChI=1S/C10H7BrF2N2/c11-8-2-3-9(12)7(10(8)13)6-15-5-1-4-14-15/h1-5H,6H2. The Labute approximate surface area is 93.7 Å². The summed E-state index contributed by atoms with van der Waals surface area (Å²) in [5, 5.41) is 3.89. The molecule has 1 heterocycles. The molecule has 2 rings (SSSR count). The van der Waals surface area contributed by atoms with Gasteiger partial charge in [0.1, 0.15) is 11.6 Å². The molecule has 0 amide bonds. The van der Waals surface area contributed by atoms with Gasteiger partial charge in [0.15, 0.2) is 0 Å². The van der Waals surface area contributed by atoms with Crippen molar-refractivity contribution in [2.45, 2.75) is 6.54 Å². The van der Waals surface area contributed by atoms with E-state index in [0.29, 0.717) is 0 Å². The maximum absolute atomic E-state index is 13.5. The summed E-state index contributed by atoms with van der Waals surface area (Å²) in [6.45, 7) is 0.0874. The second-order valence-electron chi connectivity index (χ2n) is 3.03. The van der Waals surface area contributed by atoms with Crippen LogP contribution < -0.4 is 0 Å². The van der Waals surface area contributed by atoms with Crippen LogP contribution in [0.5, 0.6) is 0 Å². The highest BCUT2D eigenvalue weighted by Gasteiger charge is 2.12. The van der Waals surface area contributed by atoms with E-state index < -0.39 is 11.6 Å². The van der Waals surface area contributed by atoms with Crippen LogP contribution in [0.3, 0.4) is 0 Å². The molecular weight excluding hydrogens is 266 g/mol. The molecule has 0 N–H and O–H groups in total. The van der Waals surface area contributed by atoms with Crippen LogP contribution in [0, 0.1) is 11.6 Å². The molecule has 0 radical (unpaired) electrons. The molecule has 0 aliphatic heterocycles. The lowest BCUT2D eigenvalue weighted by Gasteiger charge is -2.06. The normalized spacial score (nSPS) is 10.6. The van der Waals surface area contributed by atoms with E-state index in [-0.39, 0.29) is 16.6 Å². The molecule has 15 heavy (non-hydrogen) atoms. The monoisotopic (exact) mass is 272 g/mol. The highest BCUT2D eigenvalue weighted by Crippen LogP contribution is 2.22.